The molecule has 6 nitrogen and oxygen atoms in total. The van der Waals surface area contributed by atoms with Gasteiger partial charge in [0.2, 0.25) is 10.0 Å². The molecule has 1 aromatic rings. The van der Waals surface area contributed by atoms with Gasteiger partial charge >= 0.3 is 0 Å². The lowest BCUT2D eigenvalue weighted by molar-refractivity contribution is 0.00543. The van der Waals surface area contributed by atoms with Crippen molar-refractivity contribution in [1.29, 1.82) is 0 Å². The largest absolute Gasteiger partial charge is 0.492 e. The molecule has 2 atom stereocenters. The Kier molecular flexibility index (Phi) is 5.68. The van der Waals surface area contributed by atoms with Crippen LogP contribution in [0, 0.1) is 12.3 Å². The van der Waals surface area contributed by atoms with Crippen LogP contribution in [0.1, 0.15) is 24.8 Å². The smallest absolute Gasteiger partial charge is 0.217 e. The molecule has 2 aliphatic rings. The monoisotopic (exact) mass is 368 g/mol. The first-order valence-electron chi connectivity index (χ1n) is 8.97. The van der Waals surface area contributed by atoms with Crippen molar-refractivity contribution < 1.29 is 18.3 Å². The topological polar surface area (TPSA) is 78.9 Å². The van der Waals surface area contributed by atoms with Gasteiger partial charge in [0.25, 0.3) is 0 Å². The predicted octanol–water partition coefficient (Wildman–Crippen LogP) is 1.14. The van der Waals surface area contributed by atoms with E-state index in [9.17, 15) is 13.5 Å². The van der Waals surface area contributed by atoms with E-state index in [0.29, 0.717) is 18.8 Å². The van der Waals surface area contributed by atoms with Crippen LogP contribution in [-0.4, -0.2) is 62.5 Å². The highest BCUT2D eigenvalue weighted by Gasteiger charge is 2.46. The maximum Gasteiger partial charge on any atom is 0.217 e. The summed E-state index contributed by atoms with van der Waals surface area (Å²) in [6.07, 6.45) is 2.59. The predicted molar refractivity (Wildman–Crippen MR) is 97.2 cm³/mol. The lowest BCUT2D eigenvalue weighted by Crippen LogP contribution is -2.62. The molecule has 2 heterocycles. The van der Waals surface area contributed by atoms with Crippen molar-refractivity contribution in [2.45, 2.75) is 32.2 Å². The first-order chi connectivity index (χ1) is 12.0. The summed E-state index contributed by atoms with van der Waals surface area (Å²) < 4.78 is 32.5. The van der Waals surface area contributed by atoms with E-state index in [-0.39, 0.29) is 30.4 Å². The van der Waals surface area contributed by atoms with Gasteiger partial charge in [-0.2, -0.15) is 0 Å². The molecule has 7 heteroatoms. The maximum atomic E-state index is 12.7. The Bertz CT molecular complexity index is 677. The molecule has 3 rings (SSSR count). The SMILES string of the molecule is Cc1ccc(OCCS(=O)(=O)N2CC[C@H]3NCCC[C@]3(CO)C2)cc1. The van der Waals surface area contributed by atoms with Gasteiger partial charge in [0.1, 0.15) is 12.4 Å². The number of aliphatic hydroxyl groups excluding tert-OH is 1. The molecule has 0 saturated carbocycles. The number of fused-ring (bicyclic) bond motifs is 1. The maximum absolute atomic E-state index is 12.7. The molecule has 0 aliphatic carbocycles. The summed E-state index contributed by atoms with van der Waals surface area (Å²) in [6, 6.07) is 7.79. The molecule has 2 saturated heterocycles. The fraction of sp³-hybridized carbons (Fsp3) is 0.667. The molecule has 140 valence electrons. The number of nitrogens with zero attached hydrogens (tertiary/aromatic N) is 1. The fourth-order valence-electron chi connectivity index (χ4n) is 3.91. The van der Waals surface area contributed by atoms with Crippen molar-refractivity contribution >= 4 is 10.0 Å². The van der Waals surface area contributed by atoms with Gasteiger partial charge < -0.3 is 15.2 Å². The van der Waals surface area contributed by atoms with E-state index in [4.69, 9.17) is 4.74 Å². The summed E-state index contributed by atoms with van der Waals surface area (Å²) in [6.45, 7) is 4.01. The number of aryl methyl sites for hydroxylation is 1. The number of hydrogen-bond acceptors (Lipinski definition) is 5. The van der Waals surface area contributed by atoms with Gasteiger partial charge in [-0.25, -0.2) is 12.7 Å². The number of hydrogen-bond donors (Lipinski definition) is 2. The molecule has 25 heavy (non-hydrogen) atoms. The molecule has 0 bridgehead atoms. The molecule has 2 N–H and O–H groups in total. The second-order valence-corrected chi connectivity index (χ2v) is 9.32. The Morgan fingerprint density at radius 1 is 1.36 bits per heavy atom. The third kappa shape index (κ3) is 4.16. The normalized spacial score (nSPS) is 27.7. The molecule has 0 spiro atoms. The minimum absolute atomic E-state index is 0.0244. The molecule has 0 amide bonds. The summed E-state index contributed by atoms with van der Waals surface area (Å²) in [4.78, 5) is 0. The van der Waals surface area contributed by atoms with E-state index in [1.807, 2.05) is 31.2 Å². The van der Waals surface area contributed by atoms with Crippen LogP contribution in [-0.2, 0) is 10.0 Å². The number of rotatable bonds is 6. The van der Waals surface area contributed by atoms with Crippen LogP contribution in [0.4, 0.5) is 0 Å². The summed E-state index contributed by atoms with van der Waals surface area (Å²) in [5, 5.41) is 13.4. The minimum Gasteiger partial charge on any atom is -0.492 e. The van der Waals surface area contributed by atoms with Gasteiger partial charge in [0, 0.05) is 24.5 Å². The van der Waals surface area contributed by atoms with E-state index >= 15 is 0 Å². The van der Waals surface area contributed by atoms with Crippen molar-refractivity contribution in [3.63, 3.8) is 0 Å². The zero-order chi connectivity index (χ0) is 17.9. The van der Waals surface area contributed by atoms with Crippen molar-refractivity contribution in [1.82, 2.24) is 9.62 Å². The van der Waals surface area contributed by atoms with Crippen molar-refractivity contribution in [2.75, 3.05) is 38.6 Å². The number of ether oxygens (including phenoxy) is 1. The minimum atomic E-state index is -3.39. The fourth-order valence-corrected chi connectivity index (χ4v) is 5.30. The van der Waals surface area contributed by atoms with Crippen molar-refractivity contribution in [3.05, 3.63) is 29.8 Å². The first kappa shape index (κ1) is 18.6. The van der Waals surface area contributed by atoms with Crippen LogP contribution < -0.4 is 10.1 Å². The first-order valence-corrected chi connectivity index (χ1v) is 10.6. The van der Waals surface area contributed by atoms with Gasteiger partial charge in [0.15, 0.2) is 0 Å². The van der Waals surface area contributed by atoms with E-state index in [1.165, 1.54) is 0 Å². The van der Waals surface area contributed by atoms with E-state index in [2.05, 4.69) is 5.32 Å². The number of sulfonamides is 1. The Hall–Kier alpha value is -1.15. The summed E-state index contributed by atoms with van der Waals surface area (Å²) in [5.74, 6) is 0.642. The number of nitrogens with one attached hydrogen (secondary N) is 1. The van der Waals surface area contributed by atoms with Gasteiger partial charge in [-0.3, -0.25) is 0 Å². The van der Waals surface area contributed by atoms with Crippen LogP contribution in [0.2, 0.25) is 0 Å². The molecule has 1 aromatic carbocycles. The highest BCUT2D eigenvalue weighted by atomic mass is 32.2. The summed E-state index contributed by atoms with van der Waals surface area (Å²) in [7, 11) is -3.39. The van der Waals surface area contributed by atoms with Crippen LogP contribution in [0.3, 0.4) is 0 Å². The molecule has 0 radical (unpaired) electrons. The number of piperidine rings is 2. The van der Waals surface area contributed by atoms with Crippen LogP contribution in [0.15, 0.2) is 24.3 Å². The lowest BCUT2D eigenvalue weighted by atomic mass is 9.71. The Balaban J connectivity index is 1.59. The molecule has 2 aliphatic heterocycles. The van der Waals surface area contributed by atoms with Crippen molar-refractivity contribution in [2.24, 2.45) is 5.41 Å². The number of aliphatic hydroxyl groups is 1. The third-order valence-corrected chi connectivity index (χ3v) is 7.26. The zero-order valence-electron chi connectivity index (χ0n) is 14.8. The van der Waals surface area contributed by atoms with E-state index in [1.54, 1.807) is 4.31 Å². The molecular weight excluding hydrogens is 340 g/mol. The van der Waals surface area contributed by atoms with Gasteiger partial charge in [-0.1, -0.05) is 17.7 Å². The third-order valence-electron chi connectivity index (χ3n) is 5.48. The van der Waals surface area contributed by atoms with Crippen LogP contribution in [0.5, 0.6) is 5.75 Å². The lowest BCUT2D eigenvalue weighted by Gasteiger charge is -2.49. The van der Waals surface area contributed by atoms with Crippen molar-refractivity contribution in [3.8, 4) is 5.75 Å². The number of benzene rings is 1. The van der Waals surface area contributed by atoms with E-state index < -0.39 is 10.0 Å². The molecular formula is C18H28N2O4S. The summed E-state index contributed by atoms with van der Waals surface area (Å²) in [5.41, 5.74) is 0.791. The standard InChI is InChI=1S/C18H28N2O4S/c1-15-3-5-16(6-4-15)24-11-12-25(22,23)20-10-7-17-18(13-20,14-21)8-2-9-19-17/h3-6,17,19,21H,2,7-14H2,1H3/t17-,18-/m1/s1. The highest BCUT2D eigenvalue weighted by Crippen LogP contribution is 2.37. The molecule has 0 aromatic heterocycles. The second kappa shape index (κ2) is 7.61. The van der Waals surface area contributed by atoms with Gasteiger partial charge in [-0.05, 0) is 44.9 Å². The second-order valence-electron chi connectivity index (χ2n) is 7.23. The Morgan fingerprint density at radius 3 is 2.84 bits per heavy atom. The van der Waals surface area contributed by atoms with E-state index in [0.717, 1.165) is 31.4 Å². The quantitative estimate of drug-likeness (QED) is 0.787. The Morgan fingerprint density at radius 2 is 2.12 bits per heavy atom. The summed E-state index contributed by atoms with van der Waals surface area (Å²) >= 11 is 0. The average molecular weight is 368 g/mol. The highest BCUT2D eigenvalue weighted by molar-refractivity contribution is 7.89. The Labute approximate surface area is 150 Å². The molecule has 2 fully saturated rings. The molecule has 0 unspecified atom stereocenters. The van der Waals surface area contributed by atoms with Gasteiger partial charge in [0.05, 0.1) is 12.4 Å². The zero-order valence-corrected chi connectivity index (χ0v) is 15.6. The average Bonchev–Trinajstić information content (AvgIpc) is 2.62. The van der Waals surface area contributed by atoms with Crippen LogP contribution >= 0.6 is 0 Å². The van der Waals surface area contributed by atoms with Crippen LogP contribution in [0.25, 0.3) is 0 Å². The van der Waals surface area contributed by atoms with Gasteiger partial charge in [-0.15, -0.1) is 0 Å².